The van der Waals surface area contributed by atoms with Crippen LogP contribution in [0, 0.1) is 5.92 Å². The van der Waals surface area contributed by atoms with Crippen LogP contribution in [0.5, 0.6) is 0 Å². The van der Waals surface area contributed by atoms with Crippen LogP contribution in [0.3, 0.4) is 0 Å². The molecule has 3 aromatic rings. The first-order chi connectivity index (χ1) is 16.2. The molecule has 0 radical (unpaired) electrons. The second-order valence-electron chi connectivity index (χ2n) is 10.3. The molecular formula is C29H32N2OS. The molecule has 2 fully saturated rings. The van der Waals surface area contributed by atoms with Gasteiger partial charge in [0, 0.05) is 23.3 Å². The van der Waals surface area contributed by atoms with Crippen molar-refractivity contribution in [2.24, 2.45) is 5.92 Å². The van der Waals surface area contributed by atoms with Crippen molar-refractivity contribution in [3.05, 3.63) is 81.6 Å². The number of fused-ring (bicyclic) bond motifs is 4. The molecule has 6 rings (SSSR count). The number of hydrogen-bond acceptors (Lipinski definition) is 3. The summed E-state index contributed by atoms with van der Waals surface area (Å²) in [4.78, 5) is 19.6. The van der Waals surface area contributed by atoms with Gasteiger partial charge in [-0.15, -0.1) is 0 Å². The Morgan fingerprint density at radius 2 is 1.67 bits per heavy atom. The summed E-state index contributed by atoms with van der Waals surface area (Å²) in [6.45, 7) is 0.827. The summed E-state index contributed by atoms with van der Waals surface area (Å²) < 4.78 is 2.08. The molecule has 3 nitrogen and oxygen atoms in total. The molecule has 1 heterocycles. The van der Waals surface area contributed by atoms with E-state index in [1.165, 1.54) is 55.2 Å². The fourth-order valence-corrected chi connectivity index (χ4v) is 7.45. The van der Waals surface area contributed by atoms with Gasteiger partial charge in [0.2, 0.25) is 0 Å². The molecule has 0 N–H and O–H groups in total. The Bertz CT molecular complexity index is 1200. The first-order valence-corrected chi connectivity index (χ1v) is 13.6. The van der Waals surface area contributed by atoms with Crippen molar-refractivity contribution in [3.8, 4) is 11.3 Å². The summed E-state index contributed by atoms with van der Waals surface area (Å²) in [5.41, 5.74) is 6.05. The van der Waals surface area contributed by atoms with Crippen molar-refractivity contribution < 1.29 is 0 Å². The number of aromatic nitrogens is 2. The van der Waals surface area contributed by atoms with Gasteiger partial charge in [-0.2, -0.15) is 0 Å². The van der Waals surface area contributed by atoms with Crippen molar-refractivity contribution in [3.63, 3.8) is 0 Å². The molecule has 33 heavy (non-hydrogen) atoms. The quantitative estimate of drug-likeness (QED) is 0.314. The van der Waals surface area contributed by atoms with Crippen LogP contribution in [0.15, 0.2) is 64.5 Å². The third kappa shape index (κ3) is 3.86. The van der Waals surface area contributed by atoms with E-state index in [9.17, 15) is 4.79 Å². The molecule has 4 heteroatoms. The lowest BCUT2D eigenvalue weighted by Gasteiger charge is -2.36. The van der Waals surface area contributed by atoms with Crippen LogP contribution < -0.4 is 5.56 Å². The highest BCUT2D eigenvalue weighted by molar-refractivity contribution is 7.98. The first kappa shape index (κ1) is 21.2. The Hall–Kier alpha value is -2.33. The Morgan fingerprint density at radius 3 is 2.45 bits per heavy atom. The number of hydrogen-bond donors (Lipinski definition) is 0. The van der Waals surface area contributed by atoms with E-state index in [2.05, 4.69) is 59.2 Å². The average Bonchev–Trinajstić information content (AvgIpc) is 3.53. The molecule has 3 aliphatic rings. The largest absolute Gasteiger partial charge is 0.287 e. The van der Waals surface area contributed by atoms with E-state index in [0.29, 0.717) is 5.92 Å². The van der Waals surface area contributed by atoms with Crippen LogP contribution in [0.25, 0.3) is 11.3 Å². The highest BCUT2D eigenvalue weighted by Crippen LogP contribution is 2.50. The van der Waals surface area contributed by atoms with Crippen LogP contribution >= 0.6 is 11.8 Å². The summed E-state index contributed by atoms with van der Waals surface area (Å²) in [7, 11) is 0. The third-order valence-corrected chi connectivity index (χ3v) is 9.20. The van der Waals surface area contributed by atoms with Gasteiger partial charge in [-0.05, 0) is 49.1 Å². The lowest BCUT2D eigenvalue weighted by molar-refractivity contribution is 0.389. The minimum absolute atomic E-state index is 0.0200. The molecule has 2 aromatic carbocycles. The van der Waals surface area contributed by atoms with Gasteiger partial charge in [-0.25, -0.2) is 4.98 Å². The highest BCUT2D eigenvalue weighted by atomic mass is 32.2. The van der Waals surface area contributed by atoms with Crippen molar-refractivity contribution in [2.75, 3.05) is 0 Å². The molecular weight excluding hydrogens is 424 g/mol. The van der Waals surface area contributed by atoms with Gasteiger partial charge in [-0.1, -0.05) is 92.0 Å². The second-order valence-corrected chi connectivity index (χ2v) is 11.2. The monoisotopic (exact) mass is 456 g/mol. The Kier molecular flexibility index (Phi) is 5.65. The van der Waals surface area contributed by atoms with Crippen molar-refractivity contribution in [1.29, 1.82) is 0 Å². The zero-order valence-corrected chi connectivity index (χ0v) is 20.1. The average molecular weight is 457 g/mol. The maximum absolute atomic E-state index is 14.3. The fraction of sp³-hybridized carbons (Fsp3) is 0.448. The minimum atomic E-state index is -0.0200. The van der Waals surface area contributed by atoms with Crippen LogP contribution in [0.2, 0.25) is 0 Å². The summed E-state index contributed by atoms with van der Waals surface area (Å²) in [5, 5.41) is 0.902. The number of thioether (sulfide) groups is 1. The lowest BCUT2D eigenvalue weighted by Crippen LogP contribution is -2.41. The van der Waals surface area contributed by atoms with Crippen LogP contribution in [-0.2, 0) is 24.1 Å². The number of rotatable bonds is 5. The lowest BCUT2D eigenvalue weighted by atomic mass is 9.68. The predicted octanol–water partition coefficient (Wildman–Crippen LogP) is 6.76. The van der Waals surface area contributed by atoms with E-state index < -0.39 is 0 Å². The van der Waals surface area contributed by atoms with Gasteiger partial charge in [0.05, 0.1) is 11.3 Å². The van der Waals surface area contributed by atoms with Crippen molar-refractivity contribution in [1.82, 2.24) is 9.55 Å². The molecule has 0 atom stereocenters. The Labute approximate surface area is 200 Å². The predicted molar refractivity (Wildman–Crippen MR) is 136 cm³/mol. The van der Waals surface area contributed by atoms with Gasteiger partial charge in [0.25, 0.3) is 5.56 Å². The smallest absolute Gasteiger partial charge is 0.258 e. The number of benzene rings is 2. The standard InChI is InChI=1S/C29H32N2OS/c32-27-25-26(24-15-7-6-14-23(24)18-29(25)16-8-9-17-29)30-28(31(27)19-21-10-4-5-11-21)33-20-22-12-2-1-3-13-22/h1-3,6-7,12-15,21H,4-5,8-11,16-20H2. The van der Waals surface area contributed by atoms with Gasteiger partial charge < -0.3 is 0 Å². The van der Waals surface area contributed by atoms with Crippen LogP contribution in [0.4, 0.5) is 0 Å². The fourth-order valence-electron chi connectivity index (χ4n) is 6.49. The van der Waals surface area contributed by atoms with E-state index >= 15 is 0 Å². The van der Waals surface area contributed by atoms with Gasteiger partial charge in [-0.3, -0.25) is 9.36 Å². The molecule has 0 aliphatic heterocycles. The normalized spacial score (nSPS) is 19.0. The molecule has 2 saturated carbocycles. The summed E-state index contributed by atoms with van der Waals surface area (Å²) >= 11 is 1.73. The highest BCUT2D eigenvalue weighted by Gasteiger charge is 2.44. The molecule has 0 saturated heterocycles. The van der Waals surface area contributed by atoms with Crippen molar-refractivity contribution >= 4 is 11.8 Å². The van der Waals surface area contributed by atoms with Gasteiger partial charge in [0.1, 0.15) is 0 Å². The summed E-state index contributed by atoms with van der Waals surface area (Å²) in [5.74, 6) is 1.44. The van der Waals surface area contributed by atoms with Crippen LogP contribution in [0.1, 0.15) is 68.1 Å². The topological polar surface area (TPSA) is 34.9 Å². The Morgan fingerprint density at radius 1 is 0.939 bits per heavy atom. The van der Waals surface area contributed by atoms with Gasteiger partial charge in [0.15, 0.2) is 5.16 Å². The SMILES string of the molecule is O=c1c2c(nc(SCc3ccccc3)n1CC1CCCC1)-c1ccccc1CC21CCCC1. The van der Waals surface area contributed by atoms with Crippen molar-refractivity contribution in [2.45, 2.75) is 80.7 Å². The molecule has 1 aromatic heterocycles. The van der Waals surface area contributed by atoms with Crippen LogP contribution in [-0.4, -0.2) is 9.55 Å². The summed E-state index contributed by atoms with van der Waals surface area (Å²) in [6.07, 6.45) is 10.7. The zero-order chi connectivity index (χ0) is 22.3. The summed E-state index contributed by atoms with van der Waals surface area (Å²) in [6, 6.07) is 19.2. The molecule has 0 bridgehead atoms. The zero-order valence-electron chi connectivity index (χ0n) is 19.3. The molecule has 170 valence electrons. The minimum Gasteiger partial charge on any atom is -0.287 e. The maximum atomic E-state index is 14.3. The van der Waals surface area contributed by atoms with E-state index in [0.717, 1.165) is 48.0 Å². The number of nitrogens with zero attached hydrogens (tertiary/aromatic N) is 2. The Balaban J connectivity index is 1.50. The van der Waals surface area contributed by atoms with E-state index in [-0.39, 0.29) is 11.0 Å². The van der Waals surface area contributed by atoms with E-state index in [1.54, 1.807) is 11.8 Å². The van der Waals surface area contributed by atoms with E-state index in [4.69, 9.17) is 4.98 Å². The third-order valence-electron chi connectivity index (χ3n) is 8.15. The first-order valence-electron chi connectivity index (χ1n) is 12.6. The second kappa shape index (κ2) is 8.79. The molecule has 3 aliphatic carbocycles. The molecule has 0 amide bonds. The molecule has 1 spiro atoms. The maximum Gasteiger partial charge on any atom is 0.258 e. The molecule has 0 unspecified atom stereocenters. The van der Waals surface area contributed by atoms with Gasteiger partial charge >= 0.3 is 0 Å². The van der Waals surface area contributed by atoms with E-state index in [1.807, 2.05) is 0 Å².